The second-order valence-corrected chi connectivity index (χ2v) is 19.3. The number of hydrogen-bond donors (Lipinski definition) is 1. The summed E-state index contributed by atoms with van der Waals surface area (Å²) in [5, 5.41) is 6.49. The van der Waals surface area contributed by atoms with Crippen LogP contribution in [-0.4, -0.2) is 7.28 Å². The maximum absolute atomic E-state index is 3.94. The molecule has 0 radical (unpaired) electrons. The molecule has 60 heavy (non-hydrogen) atoms. The Morgan fingerprint density at radius 2 is 1.10 bits per heavy atom. The van der Waals surface area contributed by atoms with Gasteiger partial charge in [0.05, 0.1) is 5.69 Å². The molecule has 0 saturated carbocycles. The smallest absolute Gasteiger partial charge is 0.198 e. The van der Waals surface area contributed by atoms with Gasteiger partial charge in [-0.1, -0.05) is 180 Å². The molecule has 8 aromatic rings. The van der Waals surface area contributed by atoms with E-state index in [-0.39, 0.29) is 16.2 Å². The zero-order valence-electron chi connectivity index (χ0n) is 35.7. The number of anilines is 5. The molecule has 0 atom stereocenters. The van der Waals surface area contributed by atoms with Gasteiger partial charge in [0.2, 0.25) is 0 Å². The molecule has 0 aromatic heterocycles. The SMILES string of the molecule is CC1(C)CCC(C)(C)c2cc3c(cc21)N1c2c(cccc2C3(C)C)Bc2c(-c3ccc(-c4ccccc4)cc3Nc3ccc(-c4ccccc4)cc3)cc3ccccc3c21. The first-order valence-electron chi connectivity index (χ1n) is 21.8. The highest BCUT2D eigenvalue weighted by Gasteiger charge is 2.45. The minimum atomic E-state index is -0.158. The van der Waals surface area contributed by atoms with Gasteiger partial charge in [0, 0.05) is 39.1 Å². The third-order valence-corrected chi connectivity index (χ3v) is 14.3. The van der Waals surface area contributed by atoms with Crippen LogP contribution in [0.3, 0.4) is 0 Å². The third kappa shape index (κ3) is 5.70. The van der Waals surface area contributed by atoms with Crippen LogP contribution in [0.5, 0.6) is 0 Å². The van der Waals surface area contributed by atoms with Crippen molar-refractivity contribution >= 4 is 57.4 Å². The summed E-state index contributed by atoms with van der Waals surface area (Å²) >= 11 is 0. The Morgan fingerprint density at radius 3 is 1.82 bits per heavy atom. The van der Waals surface area contributed by atoms with Crippen molar-refractivity contribution in [1.82, 2.24) is 0 Å². The summed E-state index contributed by atoms with van der Waals surface area (Å²) < 4.78 is 0. The highest BCUT2D eigenvalue weighted by atomic mass is 15.2. The van der Waals surface area contributed by atoms with Crippen molar-refractivity contribution in [2.45, 2.75) is 70.6 Å². The van der Waals surface area contributed by atoms with E-state index in [1.807, 2.05) is 0 Å². The van der Waals surface area contributed by atoms with E-state index in [2.05, 4.69) is 216 Å². The van der Waals surface area contributed by atoms with Crippen molar-refractivity contribution in [3.63, 3.8) is 0 Å². The summed E-state index contributed by atoms with van der Waals surface area (Å²) in [6, 6.07) is 61.1. The largest absolute Gasteiger partial charge is 0.355 e. The van der Waals surface area contributed by atoms with Crippen molar-refractivity contribution in [3.8, 4) is 33.4 Å². The molecule has 0 saturated heterocycles. The fourth-order valence-corrected chi connectivity index (χ4v) is 10.7. The number of rotatable bonds is 5. The number of nitrogens with one attached hydrogen (secondary N) is 1. The molecule has 0 bridgehead atoms. The van der Waals surface area contributed by atoms with E-state index in [0.29, 0.717) is 0 Å². The lowest BCUT2D eigenvalue weighted by atomic mass is 9.55. The standard InChI is InChI=1S/C57H51BN2/c1-55(2)30-31-56(3,4)47-35-51-48(34-46(47)55)57(5,6)45-22-15-23-49-54(45)60(51)53-42-21-14-13-20-40(42)32-44(52(53)58-49)43-29-26-39(37-18-11-8-12-19-37)33-50(43)59-41-27-24-38(25-28-41)36-16-9-7-10-17-36/h7-29,32-35,58-59H,30-31H2,1-6H3. The topological polar surface area (TPSA) is 15.3 Å². The lowest BCUT2D eigenvalue weighted by Crippen LogP contribution is -2.46. The van der Waals surface area contributed by atoms with Crippen LogP contribution in [0, 0.1) is 0 Å². The Morgan fingerprint density at radius 1 is 0.483 bits per heavy atom. The van der Waals surface area contributed by atoms with Crippen LogP contribution in [0.2, 0.25) is 0 Å². The Hall–Kier alpha value is -6.32. The third-order valence-electron chi connectivity index (χ3n) is 14.3. The van der Waals surface area contributed by atoms with Crippen LogP contribution in [0.4, 0.5) is 28.4 Å². The summed E-state index contributed by atoms with van der Waals surface area (Å²) in [4.78, 5) is 2.70. The molecule has 1 aliphatic carbocycles. The second-order valence-electron chi connectivity index (χ2n) is 19.3. The molecule has 1 N–H and O–H groups in total. The number of para-hydroxylation sites is 1. The van der Waals surface area contributed by atoms with Gasteiger partial charge in [-0.05, 0) is 115 Å². The Labute approximate surface area is 356 Å². The van der Waals surface area contributed by atoms with Crippen LogP contribution in [0.25, 0.3) is 44.2 Å². The van der Waals surface area contributed by atoms with Crippen LogP contribution in [0.1, 0.15) is 76.6 Å². The zero-order chi connectivity index (χ0) is 41.0. The van der Waals surface area contributed by atoms with Crippen LogP contribution >= 0.6 is 0 Å². The van der Waals surface area contributed by atoms with E-state index in [9.17, 15) is 0 Å². The van der Waals surface area contributed by atoms with Crippen molar-refractivity contribution in [2.75, 3.05) is 10.2 Å². The molecule has 0 spiro atoms. The van der Waals surface area contributed by atoms with Gasteiger partial charge in [0.15, 0.2) is 7.28 Å². The van der Waals surface area contributed by atoms with Gasteiger partial charge in [-0.3, -0.25) is 0 Å². The molecule has 0 fully saturated rings. The minimum absolute atomic E-state index is 0.0900. The number of hydrogen-bond acceptors (Lipinski definition) is 2. The predicted molar refractivity (Wildman–Crippen MR) is 258 cm³/mol. The summed E-state index contributed by atoms with van der Waals surface area (Å²) in [5.41, 5.74) is 22.2. The molecule has 0 unspecified atom stereocenters. The van der Waals surface area contributed by atoms with Crippen LogP contribution in [-0.2, 0) is 16.2 Å². The summed E-state index contributed by atoms with van der Waals surface area (Å²) in [7, 11) is 0.857. The molecule has 8 aromatic carbocycles. The van der Waals surface area contributed by atoms with Gasteiger partial charge in [0.1, 0.15) is 0 Å². The van der Waals surface area contributed by atoms with E-state index < -0.39 is 0 Å². The highest BCUT2D eigenvalue weighted by molar-refractivity contribution is 6.74. The molecule has 3 heteroatoms. The van der Waals surface area contributed by atoms with Crippen molar-refractivity contribution in [2.24, 2.45) is 0 Å². The minimum Gasteiger partial charge on any atom is -0.355 e. The first-order valence-corrected chi connectivity index (χ1v) is 21.8. The Bertz CT molecular complexity index is 2990. The second kappa shape index (κ2) is 13.3. The molecular weight excluding hydrogens is 723 g/mol. The molecule has 2 aliphatic heterocycles. The monoisotopic (exact) mass is 774 g/mol. The lowest BCUT2D eigenvalue weighted by molar-refractivity contribution is 0.331. The molecule has 292 valence electrons. The average molecular weight is 775 g/mol. The van der Waals surface area contributed by atoms with Gasteiger partial charge in [0.25, 0.3) is 0 Å². The van der Waals surface area contributed by atoms with Gasteiger partial charge in [-0.2, -0.15) is 0 Å². The summed E-state index contributed by atoms with van der Waals surface area (Å²) in [6.07, 6.45) is 2.38. The molecule has 2 nitrogen and oxygen atoms in total. The van der Waals surface area contributed by atoms with Crippen LogP contribution in [0.15, 0.2) is 164 Å². The molecule has 3 aliphatic rings. The molecule has 2 heterocycles. The molecular formula is C57H51BN2. The van der Waals surface area contributed by atoms with E-state index >= 15 is 0 Å². The Balaban J connectivity index is 1.15. The fourth-order valence-electron chi connectivity index (χ4n) is 10.7. The summed E-state index contributed by atoms with van der Waals surface area (Å²) in [6.45, 7) is 14.7. The lowest BCUT2D eigenvalue weighted by Gasteiger charge is -2.49. The van der Waals surface area contributed by atoms with Crippen molar-refractivity contribution < 1.29 is 0 Å². The quantitative estimate of drug-likeness (QED) is 0.175. The average Bonchev–Trinajstić information content (AvgIpc) is 3.27. The number of nitrogens with zero attached hydrogens (tertiary/aromatic N) is 1. The maximum Gasteiger partial charge on any atom is 0.198 e. The van der Waals surface area contributed by atoms with E-state index in [1.165, 1.54) is 107 Å². The number of fused-ring (bicyclic) bond motifs is 7. The summed E-state index contributed by atoms with van der Waals surface area (Å²) in [5.74, 6) is 0. The van der Waals surface area contributed by atoms with E-state index in [4.69, 9.17) is 0 Å². The van der Waals surface area contributed by atoms with E-state index in [0.717, 1.165) is 18.7 Å². The number of benzene rings is 8. The van der Waals surface area contributed by atoms with Gasteiger partial charge >= 0.3 is 0 Å². The normalized spacial score (nSPS) is 16.2. The zero-order valence-corrected chi connectivity index (χ0v) is 35.7. The first kappa shape index (κ1) is 36.7. The highest BCUT2D eigenvalue weighted by Crippen LogP contribution is 2.57. The van der Waals surface area contributed by atoms with Crippen LogP contribution < -0.4 is 21.1 Å². The first-order chi connectivity index (χ1) is 29.0. The van der Waals surface area contributed by atoms with Crippen molar-refractivity contribution in [1.29, 1.82) is 0 Å². The van der Waals surface area contributed by atoms with Gasteiger partial charge in [-0.25, -0.2) is 0 Å². The van der Waals surface area contributed by atoms with Gasteiger partial charge < -0.3 is 10.2 Å². The van der Waals surface area contributed by atoms with Crippen molar-refractivity contribution in [3.05, 3.63) is 186 Å². The van der Waals surface area contributed by atoms with Gasteiger partial charge in [-0.15, -0.1) is 0 Å². The molecule has 0 amide bonds. The van der Waals surface area contributed by atoms with E-state index in [1.54, 1.807) is 0 Å². The Kier molecular flexibility index (Phi) is 8.17. The fraction of sp³-hybridized carbons (Fsp3) is 0.193. The predicted octanol–water partition coefficient (Wildman–Crippen LogP) is 13.7. The molecule has 11 rings (SSSR count). The maximum atomic E-state index is 3.94.